The third-order valence-corrected chi connectivity index (χ3v) is 4.10. The molecule has 0 aromatic heterocycles. The maximum Gasteiger partial charge on any atom is 0.337 e. The number of hydrogen-bond donors (Lipinski definition) is 0. The Hall–Kier alpha value is -1.81. The third-order valence-electron chi connectivity index (χ3n) is 4.10. The first-order valence-electron chi connectivity index (χ1n) is 9.00. The summed E-state index contributed by atoms with van der Waals surface area (Å²) in [7, 11) is 0. The molecular weight excluding hydrogens is 316 g/mol. The molecule has 0 radical (unpaired) electrons. The van der Waals surface area contributed by atoms with Crippen LogP contribution in [0.1, 0.15) is 59.4 Å². The number of allylic oxidation sites excluding steroid dienone is 1. The zero-order valence-electron chi connectivity index (χ0n) is 16.0. The summed E-state index contributed by atoms with van der Waals surface area (Å²) in [6.07, 6.45) is 2.71. The third kappa shape index (κ3) is 6.54. The van der Waals surface area contributed by atoms with Crippen LogP contribution in [0.15, 0.2) is 41.7 Å². The molecule has 138 valence electrons. The van der Waals surface area contributed by atoms with Crippen LogP contribution < -0.4 is 0 Å². The van der Waals surface area contributed by atoms with Gasteiger partial charge in [-0.2, -0.15) is 0 Å². The monoisotopic (exact) mass is 346 g/mol. The lowest BCUT2D eigenvalue weighted by Gasteiger charge is -2.21. The van der Waals surface area contributed by atoms with Crippen LogP contribution in [0.5, 0.6) is 0 Å². The molecule has 0 unspecified atom stereocenters. The summed E-state index contributed by atoms with van der Waals surface area (Å²) < 4.78 is 17.3. The molecule has 25 heavy (non-hydrogen) atoms. The van der Waals surface area contributed by atoms with E-state index in [-0.39, 0.29) is 18.2 Å². The summed E-state index contributed by atoms with van der Waals surface area (Å²) in [5.74, 6) is 0.464. The molecule has 0 amide bonds. The van der Waals surface area contributed by atoms with Gasteiger partial charge < -0.3 is 14.2 Å². The summed E-state index contributed by atoms with van der Waals surface area (Å²) in [5.41, 5.74) is 1.26. The van der Waals surface area contributed by atoms with Gasteiger partial charge in [0.05, 0.1) is 18.3 Å². The Morgan fingerprint density at radius 1 is 1.28 bits per heavy atom. The fourth-order valence-corrected chi connectivity index (χ4v) is 2.77. The first-order chi connectivity index (χ1) is 11.7. The maximum atomic E-state index is 12.1. The minimum absolute atomic E-state index is 0.0955. The molecule has 0 aliphatic carbocycles. The number of ether oxygens (including phenoxy) is 3. The van der Waals surface area contributed by atoms with Crippen molar-refractivity contribution in [3.05, 3.63) is 47.2 Å². The lowest BCUT2D eigenvalue weighted by molar-refractivity contribution is -0.150. The number of rotatable bonds is 6. The number of carbonyl (C=O) groups excluding carboxylic acids is 1. The Bertz CT molecular complexity index is 598. The quantitative estimate of drug-likeness (QED) is 0.549. The van der Waals surface area contributed by atoms with Gasteiger partial charge in [0, 0.05) is 12.8 Å². The van der Waals surface area contributed by atoms with Gasteiger partial charge in [-0.1, -0.05) is 30.3 Å². The van der Waals surface area contributed by atoms with Crippen molar-refractivity contribution in [2.24, 2.45) is 0 Å². The van der Waals surface area contributed by atoms with Crippen molar-refractivity contribution >= 4 is 5.97 Å². The number of esters is 1. The molecule has 1 aromatic carbocycles. The van der Waals surface area contributed by atoms with E-state index in [1.54, 1.807) is 6.92 Å². The minimum Gasteiger partial charge on any atom is -0.494 e. The molecule has 1 aliphatic heterocycles. The fraction of sp³-hybridized carbons (Fsp3) is 0.571. The molecule has 0 saturated carbocycles. The maximum absolute atomic E-state index is 12.1. The second-order valence-electron chi connectivity index (χ2n) is 7.67. The molecule has 0 N–H and O–H groups in total. The zero-order chi connectivity index (χ0) is 18.4. The van der Waals surface area contributed by atoms with Crippen LogP contribution in [0.2, 0.25) is 0 Å². The van der Waals surface area contributed by atoms with Gasteiger partial charge in [-0.05, 0) is 46.6 Å². The van der Waals surface area contributed by atoms with Crippen molar-refractivity contribution in [3.63, 3.8) is 0 Å². The molecule has 1 aromatic rings. The van der Waals surface area contributed by atoms with Gasteiger partial charge in [0.15, 0.2) is 0 Å². The van der Waals surface area contributed by atoms with Crippen molar-refractivity contribution in [3.8, 4) is 0 Å². The predicted molar refractivity (Wildman–Crippen MR) is 98.0 cm³/mol. The van der Waals surface area contributed by atoms with Crippen LogP contribution in [-0.2, 0) is 25.6 Å². The molecule has 4 nitrogen and oxygen atoms in total. The topological polar surface area (TPSA) is 44.8 Å². The normalized spacial score (nSPS) is 20.8. The number of benzene rings is 1. The van der Waals surface area contributed by atoms with Crippen LogP contribution >= 0.6 is 0 Å². The first kappa shape index (κ1) is 19.5. The van der Waals surface area contributed by atoms with Gasteiger partial charge in [0.2, 0.25) is 0 Å². The van der Waals surface area contributed by atoms with Crippen molar-refractivity contribution in [1.29, 1.82) is 0 Å². The number of carbonyl (C=O) groups is 1. The highest BCUT2D eigenvalue weighted by atomic mass is 16.6. The summed E-state index contributed by atoms with van der Waals surface area (Å²) in [6.45, 7) is 10.1. The van der Waals surface area contributed by atoms with Gasteiger partial charge >= 0.3 is 5.97 Å². The molecule has 1 saturated heterocycles. The molecular formula is C21H30O4. The Labute approximate surface area is 151 Å². The van der Waals surface area contributed by atoms with E-state index < -0.39 is 5.60 Å². The summed E-state index contributed by atoms with van der Waals surface area (Å²) >= 11 is 0. The lowest BCUT2D eigenvalue weighted by atomic mass is 10.1. The number of hydrogen-bond acceptors (Lipinski definition) is 4. The van der Waals surface area contributed by atoms with Gasteiger partial charge in [-0.3, -0.25) is 0 Å². The highest BCUT2D eigenvalue weighted by Crippen LogP contribution is 2.30. The first-order valence-corrected chi connectivity index (χ1v) is 9.00. The second kappa shape index (κ2) is 8.52. The highest BCUT2D eigenvalue weighted by Gasteiger charge is 2.28. The Morgan fingerprint density at radius 3 is 2.60 bits per heavy atom. The molecule has 4 heteroatoms. The fourth-order valence-electron chi connectivity index (χ4n) is 2.77. The molecule has 0 bridgehead atoms. The van der Waals surface area contributed by atoms with E-state index in [1.807, 2.05) is 39.0 Å². The largest absolute Gasteiger partial charge is 0.494 e. The molecule has 1 fully saturated rings. The summed E-state index contributed by atoms with van der Waals surface area (Å²) in [4.78, 5) is 12.1. The zero-order valence-corrected chi connectivity index (χ0v) is 16.0. The van der Waals surface area contributed by atoms with Crippen LogP contribution in [-0.4, -0.2) is 23.8 Å². The molecule has 0 spiro atoms. The van der Waals surface area contributed by atoms with Gasteiger partial charge in [-0.15, -0.1) is 0 Å². The minimum atomic E-state index is -0.489. The van der Waals surface area contributed by atoms with E-state index >= 15 is 0 Å². The predicted octanol–water partition coefficient (Wildman–Crippen LogP) is 4.78. The molecule has 2 rings (SSSR count). The van der Waals surface area contributed by atoms with E-state index in [2.05, 4.69) is 19.1 Å². The Balaban J connectivity index is 1.81. The Morgan fingerprint density at radius 2 is 1.96 bits per heavy atom. The van der Waals surface area contributed by atoms with Crippen LogP contribution in [0, 0.1) is 0 Å². The van der Waals surface area contributed by atoms with E-state index in [0.717, 1.165) is 25.0 Å². The van der Waals surface area contributed by atoms with Gasteiger partial charge in [0.25, 0.3) is 0 Å². The smallest absolute Gasteiger partial charge is 0.337 e. The average molecular weight is 346 g/mol. The highest BCUT2D eigenvalue weighted by molar-refractivity contribution is 5.88. The van der Waals surface area contributed by atoms with E-state index in [9.17, 15) is 4.79 Å². The standard InChI is InChI=1S/C21H30O4/c1-15(23-14-17-9-7-6-8-10-17)13-18-11-12-19(24-18)16(2)20(22)25-21(3,4)5/h6-10,15,18H,11-14H2,1-5H3/b19-16+/t15-,18-/m0/s1. The molecule has 1 aliphatic rings. The van der Waals surface area contributed by atoms with Crippen molar-refractivity contribution in [1.82, 2.24) is 0 Å². The van der Waals surface area contributed by atoms with Crippen molar-refractivity contribution < 1.29 is 19.0 Å². The van der Waals surface area contributed by atoms with Crippen molar-refractivity contribution in [2.45, 2.75) is 78.3 Å². The van der Waals surface area contributed by atoms with E-state index in [1.165, 1.54) is 5.56 Å². The van der Waals surface area contributed by atoms with Crippen LogP contribution in [0.25, 0.3) is 0 Å². The second-order valence-corrected chi connectivity index (χ2v) is 7.67. The van der Waals surface area contributed by atoms with Crippen LogP contribution in [0.3, 0.4) is 0 Å². The molecule has 1 heterocycles. The SMILES string of the molecule is C/C(C(=O)OC(C)(C)C)=C1/CC[C@@H](C[C@H](C)OCc2ccccc2)O1. The van der Waals surface area contributed by atoms with E-state index in [0.29, 0.717) is 12.2 Å². The van der Waals surface area contributed by atoms with Crippen LogP contribution in [0.4, 0.5) is 0 Å². The van der Waals surface area contributed by atoms with Gasteiger partial charge in [-0.25, -0.2) is 4.79 Å². The average Bonchev–Trinajstić information content (AvgIpc) is 3.00. The lowest BCUT2D eigenvalue weighted by Crippen LogP contribution is -2.25. The molecule has 2 atom stereocenters. The van der Waals surface area contributed by atoms with E-state index in [4.69, 9.17) is 14.2 Å². The summed E-state index contributed by atoms with van der Waals surface area (Å²) in [6, 6.07) is 10.1. The van der Waals surface area contributed by atoms with Gasteiger partial charge in [0.1, 0.15) is 17.5 Å². The summed E-state index contributed by atoms with van der Waals surface area (Å²) in [5, 5.41) is 0. The van der Waals surface area contributed by atoms with Crippen molar-refractivity contribution in [2.75, 3.05) is 0 Å². The Kier molecular flexibility index (Phi) is 6.65.